The van der Waals surface area contributed by atoms with Gasteiger partial charge >= 0.3 is 0 Å². The first-order chi connectivity index (χ1) is 8.61. The number of benzene rings is 1. The summed E-state index contributed by atoms with van der Waals surface area (Å²) in [6.45, 7) is 2.37. The molecule has 18 heavy (non-hydrogen) atoms. The van der Waals surface area contributed by atoms with Gasteiger partial charge in [-0.05, 0) is 38.6 Å². The maximum Gasteiger partial charge on any atom is 0.0702 e. The van der Waals surface area contributed by atoms with Gasteiger partial charge in [0.05, 0.1) is 6.61 Å². The maximum absolute atomic E-state index is 9.46. The van der Waals surface area contributed by atoms with Crippen LogP contribution in [0.15, 0.2) is 22.7 Å². The van der Waals surface area contributed by atoms with Crippen molar-refractivity contribution >= 4 is 21.6 Å². The first kappa shape index (κ1) is 13.8. The second-order valence-corrected chi connectivity index (χ2v) is 6.02. The molecule has 0 amide bonds. The summed E-state index contributed by atoms with van der Waals surface area (Å²) < 4.78 is 1.06. The van der Waals surface area contributed by atoms with Crippen molar-refractivity contribution in [1.29, 1.82) is 0 Å². The molecule has 4 heteroatoms. The summed E-state index contributed by atoms with van der Waals surface area (Å²) in [6, 6.07) is 6.60. The maximum atomic E-state index is 9.46. The zero-order valence-electron chi connectivity index (χ0n) is 11.1. The van der Waals surface area contributed by atoms with Crippen LogP contribution in [0.1, 0.15) is 18.4 Å². The fourth-order valence-electron chi connectivity index (χ4n) is 2.65. The Morgan fingerprint density at radius 1 is 1.50 bits per heavy atom. The zero-order valence-corrected chi connectivity index (χ0v) is 12.7. The third-order valence-corrected chi connectivity index (χ3v) is 4.24. The van der Waals surface area contributed by atoms with Crippen molar-refractivity contribution in [1.82, 2.24) is 4.90 Å². The third-order valence-electron chi connectivity index (χ3n) is 3.75. The fraction of sp³-hybridized carbons (Fsp3) is 0.571. The lowest BCUT2D eigenvalue weighted by molar-refractivity contribution is 0.246. The number of rotatable bonds is 3. The van der Waals surface area contributed by atoms with Crippen LogP contribution in [0.5, 0.6) is 0 Å². The number of halogens is 1. The van der Waals surface area contributed by atoms with Gasteiger partial charge in [0.2, 0.25) is 0 Å². The number of aliphatic hydroxyl groups is 1. The quantitative estimate of drug-likeness (QED) is 0.929. The lowest BCUT2D eigenvalue weighted by atomic mass is 10.0. The Hall–Kier alpha value is -0.580. The van der Waals surface area contributed by atoms with E-state index < -0.39 is 0 Å². The Bertz CT molecular complexity index is 411. The van der Waals surface area contributed by atoms with Crippen LogP contribution in [0, 0.1) is 0 Å². The van der Waals surface area contributed by atoms with E-state index in [-0.39, 0.29) is 6.61 Å². The van der Waals surface area contributed by atoms with E-state index in [2.05, 4.69) is 45.9 Å². The molecular formula is C14H21BrN2O. The molecule has 1 heterocycles. The van der Waals surface area contributed by atoms with E-state index in [1.54, 1.807) is 0 Å². The first-order valence-corrected chi connectivity index (χ1v) is 7.21. The van der Waals surface area contributed by atoms with Crippen LogP contribution in [0.2, 0.25) is 0 Å². The molecule has 0 aromatic heterocycles. The highest BCUT2D eigenvalue weighted by Gasteiger charge is 2.22. The highest BCUT2D eigenvalue weighted by molar-refractivity contribution is 9.10. The van der Waals surface area contributed by atoms with Crippen molar-refractivity contribution in [2.24, 2.45) is 0 Å². The van der Waals surface area contributed by atoms with Gasteiger partial charge in [-0.1, -0.05) is 22.0 Å². The standard InChI is InChI=1S/C14H21BrN2O/c1-16-7-3-4-13(9-16)17(2)14-8-12(15)6-5-11(14)10-18/h5-6,8,13,18H,3-4,7,9-10H2,1-2H3. The molecule has 1 aliphatic heterocycles. The minimum atomic E-state index is 0.0928. The van der Waals surface area contributed by atoms with E-state index in [1.807, 2.05) is 12.1 Å². The molecule has 0 spiro atoms. The Morgan fingerprint density at radius 3 is 2.94 bits per heavy atom. The molecule has 1 aliphatic rings. The van der Waals surface area contributed by atoms with Gasteiger partial charge in [0.15, 0.2) is 0 Å². The Labute approximate surface area is 118 Å². The van der Waals surface area contributed by atoms with Gasteiger partial charge in [-0.15, -0.1) is 0 Å². The molecule has 0 aliphatic carbocycles. The molecule has 1 atom stereocenters. The highest BCUT2D eigenvalue weighted by Crippen LogP contribution is 2.28. The fourth-order valence-corrected chi connectivity index (χ4v) is 3.00. The second kappa shape index (κ2) is 6.04. The average molecular weight is 313 g/mol. The van der Waals surface area contributed by atoms with Crippen molar-refractivity contribution in [3.63, 3.8) is 0 Å². The van der Waals surface area contributed by atoms with Gasteiger partial charge in [-0.3, -0.25) is 0 Å². The third kappa shape index (κ3) is 3.05. The van der Waals surface area contributed by atoms with Crippen LogP contribution in [0.4, 0.5) is 5.69 Å². The number of likely N-dealkylation sites (N-methyl/N-ethyl adjacent to an activating group) is 2. The molecular weight excluding hydrogens is 292 g/mol. The van der Waals surface area contributed by atoms with Gasteiger partial charge in [0.1, 0.15) is 0 Å². The molecule has 0 radical (unpaired) electrons. The monoisotopic (exact) mass is 312 g/mol. The summed E-state index contributed by atoms with van der Waals surface area (Å²) in [5.74, 6) is 0. The van der Waals surface area contributed by atoms with Crippen LogP contribution in [0.25, 0.3) is 0 Å². The lowest BCUT2D eigenvalue weighted by Gasteiger charge is -2.38. The Kier molecular flexibility index (Phi) is 4.65. The van der Waals surface area contributed by atoms with Crippen molar-refractivity contribution in [2.45, 2.75) is 25.5 Å². The average Bonchev–Trinajstić information content (AvgIpc) is 2.38. The van der Waals surface area contributed by atoms with Crippen LogP contribution >= 0.6 is 15.9 Å². The summed E-state index contributed by atoms with van der Waals surface area (Å²) in [4.78, 5) is 4.69. The highest BCUT2D eigenvalue weighted by atomic mass is 79.9. The zero-order chi connectivity index (χ0) is 13.1. The van der Waals surface area contributed by atoms with E-state index >= 15 is 0 Å². The van der Waals surface area contributed by atoms with Crippen LogP contribution in [-0.4, -0.2) is 43.2 Å². The lowest BCUT2D eigenvalue weighted by Crippen LogP contribution is -2.45. The minimum absolute atomic E-state index is 0.0928. The number of aliphatic hydroxyl groups excluding tert-OH is 1. The summed E-state index contributed by atoms with van der Waals surface area (Å²) in [6.07, 6.45) is 2.46. The van der Waals surface area contributed by atoms with Crippen LogP contribution in [-0.2, 0) is 6.61 Å². The van der Waals surface area contributed by atoms with Gasteiger partial charge in [-0.25, -0.2) is 0 Å². The van der Waals surface area contributed by atoms with Gasteiger partial charge < -0.3 is 14.9 Å². The summed E-state index contributed by atoms with van der Waals surface area (Å²) in [7, 11) is 4.30. The first-order valence-electron chi connectivity index (χ1n) is 6.42. The summed E-state index contributed by atoms with van der Waals surface area (Å²) >= 11 is 3.51. The van der Waals surface area contributed by atoms with Crippen molar-refractivity contribution in [2.75, 3.05) is 32.1 Å². The van der Waals surface area contributed by atoms with Crippen molar-refractivity contribution in [3.8, 4) is 0 Å². The number of likely N-dealkylation sites (tertiary alicyclic amines) is 1. The van der Waals surface area contributed by atoms with E-state index in [4.69, 9.17) is 0 Å². The molecule has 1 aromatic rings. The predicted octanol–water partition coefficient (Wildman–Crippen LogP) is 2.47. The molecule has 3 nitrogen and oxygen atoms in total. The molecule has 1 aromatic carbocycles. The molecule has 2 rings (SSSR count). The molecule has 1 saturated heterocycles. The second-order valence-electron chi connectivity index (χ2n) is 5.10. The number of anilines is 1. The minimum Gasteiger partial charge on any atom is -0.392 e. The SMILES string of the molecule is CN1CCCC(N(C)c2cc(Br)ccc2CO)C1. The van der Waals surface area contributed by atoms with Gasteiger partial charge in [0.25, 0.3) is 0 Å². The number of hydrogen-bond donors (Lipinski definition) is 1. The number of piperidine rings is 1. The largest absolute Gasteiger partial charge is 0.392 e. The topological polar surface area (TPSA) is 26.7 Å². The Morgan fingerprint density at radius 2 is 2.28 bits per heavy atom. The van der Waals surface area contributed by atoms with Crippen LogP contribution < -0.4 is 4.90 Å². The molecule has 0 bridgehead atoms. The molecule has 1 N–H and O–H groups in total. The molecule has 100 valence electrons. The molecule has 1 unspecified atom stereocenters. The van der Waals surface area contributed by atoms with Crippen molar-refractivity contribution < 1.29 is 5.11 Å². The summed E-state index contributed by atoms with van der Waals surface area (Å²) in [5, 5.41) is 9.46. The molecule has 1 fully saturated rings. The van der Waals surface area contributed by atoms with Crippen molar-refractivity contribution in [3.05, 3.63) is 28.2 Å². The number of hydrogen-bond acceptors (Lipinski definition) is 3. The van der Waals surface area contributed by atoms with E-state index in [1.165, 1.54) is 19.4 Å². The number of nitrogens with zero attached hydrogens (tertiary/aromatic N) is 2. The molecule has 0 saturated carbocycles. The normalized spacial score (nSPS) is 21.0. The Balaban J connectivity index is 2.21. The van der Waals surface area contributed by atoms with E-state index in [0.29, 0.717) is 6.04 Å². The van der Waals surface area contributed by atoms with E-state index in [0.717, 1.165) is 22.3 Å². The smallest absolute Gasteiger partial charge is 0.0702 e. The van der Waals surface area contributed by atoms with E-state index in [9.17, 15) is 5.11 Å². The predicted molar refractivity (Wildman–Crippen MR) is 79.0 cm³/mol. The van der Waals surface area contributed by atoms with Crippen LogP contribution in [0.3, 0.4) is 0 Å². The summed E-state index contributed by atoms with van der Waals surface area (Å²) in [5.41, 5.74) is 2.13. The van der Waals surface area contributed by atoms with Gasteiger partial charge in [-0.2, -0.15) is 0 Å². The van der Waals surface area contributed by atoms with Gasteiger partial charge in [0, 0.05) is 35.4 Å².